The van der Waals surface area contributed by atoms with Crippen molar-refractivity contribution in [1.82, 2.24) is 0 Å². The first-order valence-corrected chi connectivity index (χ1v) is 3.23. The van der Waals surface area contributed by atoms with Crippen molar-refractivity contribution in [3.63, 3.8) is 0 Å². The fourth-order valence-corrected chi connectivity index (χ4v) is 0.541. The van der Waals surface area contributed by atoms with Crippen molar-refractivity contribution >= 4 is 16.5 Å². The summed E-state index contributed by atoms with van der Waals surface area (Å²) in [7, 11) is 2.66. The summed E-state index contributed by atoms with van der Waals surface area (Å²) < 4.78 is 4.29. The first-order chi connectivity index (χ1) is 3.95. The quantitative estimate of drug-likeness (QED) is 0.513. The van der Waals surface area contributed by atoms with Gasteiger partial charge in [0, 0.05) is 6.42 Å². The fourth-order valence-electron chi connectivity index (χ4n) is 0.469. The molecule has 0 aromatic rings. The molecule has 0 spiro atoms. The van der Waals surface area contributed by atoms with Crippen molar-refractivity contribution in [3.05, 3.63) is 0 Å². The third-order valence-electron chi connectivity index (χ3n) is 0.789. The highest BCUT2D eigenvalue weighted by Crippen LogP contribution is 2.18. The van der Waals surface area contributed by atoms with Crippen molar-refractivity contribution in [1.29, 1.82) is 0 Å². The molecule has 0 bridgehead atoms. The van der Waals surface area contributed by atoms with E-state index in [0.29, 0.717) is 6.42 Å². The first-order valence-electron chi connectivity index (χ1n) is 2.82. The second-order valence-corrected chi connectivity index (χ2v) is 3.42. The highest BCUT2D eigenvalue weighted by molar-refractivity contribution is 6.05. The molecule has 3 heteroatoms. The van der Waals surface area contributed by atoms with Crippen LogP contribution in [-0.4, -0.2) is 16.5 Å². The van der Waals surface area contributed by atoms with Crippen molar-refractivity contribution < 1.29 is 9.22 Å². The molecule has 2 nitrogen and oxygen atoms in total. The van der Waals surface area contributed by atoms with E-state index in [9.17, 15) is 4.79 Å². The van der Waals surface area contributed by atoms with Gasteiger partial charge in [-0.2, -0.15) is 0 Å². The van der Waals surface area contributed by atoms with Crippen LogP contribution in [-0.2, 0) is 9.22 Å². The van der Waals surface area contributed by atoms with E-state index in [1.807, 2.05) is 20.8 Å². The van der Waals surface area contributed by atoms with E-state index in [1.165, 1.54) is 0 Å². The molecule has 0 amide bonds. The molecular weight excluding hydrogens is 132 g/mol. The van der Waals surface area contributed by atoms with Gasteiger partial charge in [-0.05, 0) is 5.41 Å². The maximum atomic E-state index is 10.6. The smallest absolute Gasteiger partial charge is 0.345 e. The van der Waals surface area contributed by atoms with Crippen molar-refractivity contribution in [2.75, 3.05) is 0 Å². The third-order valence-corrected chi connectivity index (χ3v) is 1.02. The molecule has 0 aliphatic heterocycles. The molecule has 9 heavy (non-hydrogen) atoms. The van der Waals surface area contributed by atoms with Crippen LogP contribution in [0.3, 0.4) is 0 Å². The minimum atomic E-state index is -0.223. The van der Waals surface area contributed by atoms with Crippen molar-refractivity contribution in [2.24, 2.45) is 5.41 Å². The van der Waals surface area contributed by atoms with Gasteiger partial charge in [-0.1, -0.05) is 20.8 Å². The monoisotopic (exact) mass is 143 g/mol. The van der Waals surface area contributed by atoms with Crippen LogP contribution in [0.1, 0.15) is 27.2 Å². The molecule has 0 N–H and O–H groups in total. The van der Waals surface area contributed by atoms with Gasteiger partial charge in [-0.25, -0.2) is 0 Å². The minimum Gasteiger partial charge on any atom is -0.516 e. The number of hydrogen-bond acceptors (Lipinski definition) is 2. The first kappa shape index (κ1) is 8.69. The summed E-state index contributed by atoms with van der Waals surface area (Å²) in [5.41, 5.74) is 0.0176. The summed E-state index contributed by atoms with van der Waals surface area (Å²) in [5, 5.41) is 0. The normalized spacial score (nSPS) is 11.1. The number of rotatable bonds is 1. The molecule has 0 saturated heterocycles. The fraction of sp³-hybridized carbons (Fsp3) is 0.833. The molecule has 51 valence electrons. The van der Waals surface area contributed by atoms with Gasteiger partial charge in [0.25, 0.3) is 5.97 Å². The molecule has 0 aromatic heterocycles. The van der Waals surface area contributed by atoms with Gasteiger partial charge >= 0.3 is 10.5 Å². The van der Waals surface area contributed by atoms with Crippen LogP contribution in [0.2, 0.25) is 0 Å². The molecule has 0 fully saturated rings. The van der Waals surface area contributed by atoms with Gasteiger partial charge in [0.05, 0.1) is 0 Å². The summed E-state index contributed by atoms with van der Waals surface area (Å²) in [6, 6.07) is 0. The van der Waals surface area contributed by atoms with Crippen LogP contribution in [0.5, 0.6) is 0 Å². The van der Waals surface area contributed by atoms with E-state index >= 15 is 0 Å². The Labute approximate surface area is 59.1 Å². The van der Waals surface area contributed by atoms with Crippen LogP contribution in [0, 0.1) is 5.41 Å². The zero-order chi connectivity index (χ0) is 7.49. The van der Waals surface area contributed by atoms with E-state index in [1.54, 1.807) is 0 Å². The standard InChI is InChI=1S/C6H11O2Si/c1-6(2,3)4-5(7)8-9/h4H2,1-3H3. The second-order valence-electron chi connectivity index (χ2n) is 3.21. The zero-order valence-electron chi connectivity index (χ0n) is 6.02. The Morgan fingerprint density at radius 3 is 2.11 bits per heavy atom. The Balaban J connectivity index is 3.60. The molecule has 0 aromatic carbocycles. The molecule has 0 unspecified atom stereocenters. The Morgan fingerprint density at radius 1 is 1.56 bits per heavy atom. The summed E-state index contributed by atoms with van der Waals surface area (Å²) in [4.78, 5) is 10.6. The molecule has 0 rings (SSSR count). The number of hydrogen-bond donors (Lipinski definition) is 0. The molecule has 3 radical (unpaired) electrons. The summed E-state index contributed by atoms with van der Waals surface area (Å²) >= 11 is 0. The predicted octanol–water partition coefficient (Wildman–Crippen LogP) is 1.05. The van der Waals surface area contributed by atoms with Gasteiger partial charge in [0.2, 0.25) is 0 Å². The average Bonchev–Trinajstić information content (AvgIpc) is 1.62. The van der Waals surface area contributed by atoms with Crippen molar-refractivity contribution in [2.45, 2.75) is 27.2 Å². The maximum absolute atomic E-state index is 10.6. The lowest BCUT2D eigenvalue weighted by Crippen LogP contribution is -2.14. The van der Waals surface area contributed by atoms with Crippen LogP contribution >= 0.6 is 0 Å². The largest absolute Gasteiger partial charge is 0.516 e. The number of carbonyl (C=O) groups is 1. The SMILES string of the molecule is CC(C)(C)CC(=O)O[Si]. The zero-order valence-corrected chi connectivity index (χ0v) is 7.02. The average molecular weight is 143 g/mol. The lowest BCUT2D eigenvalue weighted by Gasteiger charge is -2.15. The van der Waals surface area contributed by atoms with Gasteiger partial charge in [-0.15, -0.1) is 0 Å². The van der Waals surface area contributed by atoms with Gasteiger partial charge in [0.15, 0.2) is 0 Å². The van der Waals surface area contributed by atoms with Crippen LogP contribution in [0.4, 0.5) is 0 Å². The lowest BCUT2D eigenvalue weighted by atomic mass is 9.93. The molecule has 0 heterocycles. The summed E-state index contributed by atoms with van der Waals surface area (Å²) in [5.74, 6) is -0.223. The van der Waals surface area contributed by atoms with Crippen LogP contribution < -0.4 is 0 Å². The Hall–Kier alpha value is -0.313. The maximum Gasteiger partial charge on any atom is 0.345 e. The van der Waals surface area contributed by atoms with E-state index in [0.717, 1.165) is 0 Å². The molecule has 0 saturated carbocycles. The molecular formula is C6H11O2Si. The molecule has 0 aliphatic carbocycles. The molecule has 0 aliphatic rings. The summed E-state index contributed by atoms with van der Waals surface area (Å²) in [6.45, 7) is 5.95. The molecule has 0 atom stereocenters. The van der Waals surface area contributed by atoms with Gasteiger partial charge < -0.3 is 4.43 Å². The topological polar surface area (TPSA) is 26.3 Å². The van der Waals surface area contributed by atoms with Crippen molar-refractivity contribution in [3.8, 4) is 0 Å². The second kappa shape index (κ2) is 3.01. The minimum absolute atomic E-state index is 0.0176. The van der Waals surface area contributed by atoms with Crippen LogP contribution in [0.25, 0.3) is 0 Å². The highest BCUT2D eigenvalue weighted by Gasteiger charge is 2.15. The van der Waals surface area contributed by atoms with Gasteiger partial charge in [0.1, 0.15) is 0 Å². The number of carbonyl (C=O) groups excluding carboxylic acids is 1. The Morgan fingerprint density at radius 2 is 2.00 bits per heavy atom. The van der Waals surface area contributed by atoms with E-state index < -0.39 is 0 Å². The lowest BCUT2D eigenvalue weighted by molar-refractivity contribution is -0.135. The third kappa shape index (κ3) is 5.56. The van der Waals surface area contributed by atoms with Gasteiger partial charge in [-0.3, -0.25) is 4.79 Å². The van der Waals surface area contributed by atoms with E-state index in [-0.39, 0.29) is 11.4 Å². The highest BCUT2D eigenvalue weighted by atomic mass is 28.2. The van der Waals surface area contributed by atoms with E-state index in [4.69, 9.17) is 0 Å². The Bertz CT molecular complexity index is 104. The predicted molar refractivity (Wildman–Crippen MR) is 35.9 cm³/mol. The van der Waals surface area contributed by atoms with E-state index in [2.05, 4.69) is 14.9 Å². The van der Waals surface area contributed by atoms with Crippen LogP contribution in [0.15, 0.2) is 0 Å². The Kier molecular flexibility index (Phi) is 2.90. The summed E-state index contributed by atoms with van der Waals surface area (Å²) in [6.07, 6.45) is 0.441.